The van der Waals surface area contributed by atoms with Crippen molar-refractivity contribution in [3.63, 3.8) is 0 Å². The van der Waals surface area contributed by atoms with E-state index in [1.54, 1.807) is 0 Å². The Kier molecular flexibility index (Phi) is 5.14. The summed E-state index contributed by atoms with van der Waals surface area (Å²) in [6.07, 6.45) is 8.36. The summed E-state index contributed by atoms with van der Waals surface area (Å²) in [5.41, 5.74) is 7.14. The Morgan fingerprint density at radius 2 is 2.17 bits per heavy atom. The first-order valence-electron chi connectivity index (χ1n) is 7.11. The predicted molar refractivity (Wildman–Crippen MR) is 75.4 cm³/mol. The van der Waals surface area contributed by atoms with E-state index in [0.29, 0.717) is 6.04 Å². The quantitative estimate of drug-likeness (QED) is 0.837. The van der Waals surface area contributed by atoms with Gasteiger partial charge in [0, 0.05) is 37.4 Å². The normalized spacial score (nSPS) is 18.4. The third kappa shape index (κ3) is 3.53. The number of aromatic nitrogens is 1. The van der Waals surface area contributed by atoms with Gasteiger partial charge in [-0.15, -0.1) is 0 Å². The van der Waals surface area contributed by atoms with Gasteiger partial charge in [-0.05, 0) is 37.9 Å². The molecule has 0 saturated heterocycles. The second-order valence-electron chi connectivity index (χ2n) is 5.40. The van der Waals surface area contributed by atoms with Gasteiger partial charge in [0.15, 0.2) is 0 Å². The first-order valence-corrected chi connectivity index (χ1v) is 7.11. The fraction of sp³-hybridized carbons (Fsp3) is 0.667. The number of likely N-dealkylation sites (N-methyl/N-ethyl adjacent to an activating group) is 1. The molecule has 1 saturated carbocycles. The van der Waals surface area contributed by atoms with Crippen LogP contribution in [0.1, 0.15) is 31.4 Å². The zero-order valence-corrected chi connectivity index (χ0v) is 11.4. The molecule has 1 unspecified atom stereocenters. The lowest BCUT2D eigenvalue weighted by Crippen LogP contribution is -2.43. The Balaban J connectivity index is 1.83. The smallest absolute Gasteiger partial charge is 0.0416 e. The Hall–Kier alpha value is -0.930. The summed E-state index contributed by atoms with van der Waals surface area (Å²) < 4.78 is 0. The molecule has 18 heavy (non-hydrogen) atoms. The molecular weight excluding hydrogens is 222 g/mol. The predicted octanol–water partition coefficient (Wildman–Crippen LogP) is 2.07. The van der Waals surface area contributed by atoms with Crippen molar-refractivity contribution in [2.24, 2.45) is 11.7 Å². The summed E-state index contributed by atoms with van der Waals surface area (Å²) >= 11 is 0. The summed E-state index contributed by atoms with van der Waals surface area (Å²) in [5, 5.41) is 0. The van der Waals surface area contributed by atoms with E-state index in [2.05, 4.69) is 29.1 Å². The second kappa shape index (κ2) is 6.86. The van der Waals surface area contributed by atoms with Crippen LogP contribution in [0.2, 0.25) is 0 Å². The van der Waals surface area contributed by atoms with Crippen LogP contribution in [0.5, 0.6) is 0 Å². The molecule has 0 aliphatic heterocycles. The maximum absolute atomic E-state index is 5.97. The van der Waals surface area contributed by atoms with Crippen LogP contribution in [-0.4, -0.2) is 36.1 Å². The molecule has 0 amide bonds. The molecule has 1 aromatic rings. The number of pyridine rings is 1. The fourth-order valence-corrected chi connectivity index (χ4v) is 3.08. The molecular formula is C15H25N3. The number of hydrogen-bond donors (Lipinski definition) is 1. The average Bonchev–Trinajstić information content (AvgIpc) is 2.92. The van der Waals surface area contributed by atoms with Gasteiger partial charge in [-0.2, -0.15) is 0 Å². The van der Waals surface area contributed by atoms with Gasteiger partial charge in [0.1, 0.15) is 0 Å². The lowest BCUT2D eigenvalue weighted by Gasteiger charge is -2.31. The largest absolute Gasteiger partial charge is 0.329 e. The van der Waals surface area contributed by atoms with Gasteiger partial charge in [-0.25, -0.2) is 0 Å². The van der Waals surface area contributed by atoms with E-state index in [0.717, 1.165) is 25.4 Å². The lowest BCUT2D eigenvalue weighted by molar-refractivity contribution is 0.183. The van der Waals surface area contributed by atoms with E-state index >= 15 is 0 Å². The Bertz CT molecular complexity index is 333. The van der Waals surface area contributed by atoms with E-state index < -0.39 is 0 Å². The highest BCUT2D eigenvalue weighted by Gasteiger charge is 2.26. The topological polar surface area (TPSA) is 42.2 Å². The van der Waals surface area contributed by atoms with Crippen molar-refractivity contribution in [3.05, 3.63) is 30.1 Å². The third-order valence-corrected chi connectivity index (χ3v) is 4.20. The van der Waals surface area contributed by atoms with Gasteiger partial charge in [0.2, 0.25) is 0 Å². The molecule has 1 atom stereocenters. The molecule has 2 rings (SSSR count). The van der Waals surface area contributed by atoms with Crippen molar-refractivity contribution in [1.82, 2.24) is 9.88 Å². The minimum atomic E-state index is 0.552. The Morgan fingerprint density at radius 1 is 1.39 bits per heavy atom. The van der Waals surface area contributed by atoms with Gasteiger partial charge in [-0.3, -0.25) is 4.98 Å². The minimum absolute atomic E-state index is 0.552. The third-order valence-electron chi connectivity index (χ3n) is 4.20. The van der Waals surface area contributed by atoms with Crippen molar-refractivity contribution >= 4 is 0 Å². The van der Waals surface area contributed by atoms with Gasteiger partial charge in [-0.1, -0.05) is 18.9 Å². The van der Waals surface area contributed by atoms with Gasteiger partial charge < -0.3 is 10.6 Å². The van der Waals surface area contributed by atoms with Crippen LogP contribution in [0.15, 0.2) is 24.4 Å². The molecule has 0 radical (unpaired) electrons. The minimum Gasteiger partial charge on any atom is -0.329 e. The Labute approximate surface area is 110 Å². The Morgan fingerprint density at radius 3 is 2.78 bits per heavy atom. The molecule has 1 heterocycles. The van der Waals surface area contributed by atoms with Crippen LogP contribution in [-0.2, 0) is 6.42 Å². The van der Waals surface area contributed by atoms with E-state index in [4.69, 9.17) is 5.73 Å². The van der Waals surface area contributed by atoms with Crippen LogP contribution in [0.4, 0.5) is 0 Å². The molecule has 1 aliphatic carbocycles. The van der Waals surface area contributed by atoms with E-state index in [-0.39, 0.29) is 0 Å². The number of nitrogens with zero attached hydrogens (tertiary/aromatic N) is 2. The number of hydrogen-bond acceptors (Lipinski definition) is 3. The molecule has 0 spiro atoms. The highest BCUT2D eigenvalue weighted by molar-refractivity contribution is 5.03. The van der Waals surface area contributed by atoms with E-state index in [1.807, 2.05) is 12.3 Å². The fourth-order valence-electron chi connectivity index (χ4n) is 3.08. The SMILES string of the molecule is CN(CCc1ccccn1)C(CN)C1CCCC1. The van der Waals surface area contributed by atoms with Crippen molar-refractivity contribution in [2.75, 3.05) is 20.1 Å². The van der Waals surface area contributed by atoms with Crippen LogP contribution >= 0.6 is 0 Å². The molecule has 1 aromatic heterocycles. The maximum atomic E-state index is 5.97. The molecule has 3 nitrogen and oxygen atoms in total. The molecule has 1 aliphatic rings. The van der Waals surface area contributed by atoms with E-state index in [1.165, 1.54) is 31.4 Å². The summed E-state index contributed by atoms with van der Waals surface area (Å²) in [7, 11) is 2.21. The van der Waals surface area contributed by atoms with Crippen molar-refractivity contribution in [3.8, 4) is 0 Å². The first kappa shape index (κ1) is 13.5. The summed E-state index contributed by atoms with van der Waals surface area (Å²) in [6, 6.07) is 6.67. The highest BCUT2D eigenvalue weighted by Crippen LogP contribution is 2.29. The molecule has 3 heteroatoms. The standard InChI is InChI=1S/C15H25N3/c1-18(11-9-14-8-4-5-10-17-14)15(12-16)13-6-2-3-7-13/h4-5,8,10,13,15H,2-3,6-7,9,11-12,16H2,1H3. The lowest BCUT2D eigenvalue weighted by atomic mass is 9.97. The average molecular weight is 247 g/mol. The van der Waals surface area contributed by atoms with Crippen LogP contribution < -0.4 is 5.73 Å². The van der Waals surface area contributed by atoms with Crippen molar-refractivity contribution in [1.29, 1.82) is 0 Å². The monoisotopic (exact) mass is 247 g/mol. The summed E-state index contributed by atoms with van der Waals surface area (Å²) in [5.74, 6) is 0.809. The number of nitrogens with two attached hydrogens (primary N) is 1. The second-order valence-corrected chi connectivity index (χ2v) is 5.40. The molecule has 0 aromatic carbocycles. The van der Waals surface area contributed by atoms with Crippen molar-refractivity contribution < 1.29 is 0 Å². The number of rotatable bonds is 6. The van der Waals surface area contributed by atoms with Gasteiger partial charge >= 0.3 is 0 Å². The van der Waals surface area contributed by atoms with Crippen LogP contribution in [0, 0.1) is 5.92 Å². The zero-order valence-electron chi connectivity index (χ0n) is 11.4. The molecule has 0 bridgehead atoms. The van der Waals surface area contributed by atoms with Gasteiger partial charge in [0.05, 0.1) is 0 Å². The first-order chi connectivity index (χ1) is 8.81. The summed E-state index contributed by atoms with van der Waals surface area (Å²) in [4.78, 5) is 6.81. The van der Waals surface area contributed by atoms with E-state index in [9.17, 15) is 0 Å². The van der Waals surface area contributed by atoms with Crippen molar-refractivity contribution in [2.45, 2.75) is 38.1 Å². The zero-order chi connectivity index (χ0) is 12.8. The molecule has 2 N–H and O–H groups in total. The molecule has 1 fully saturated rings. The van der Waals surface area contributed by atoms with Crippen LogP contribution in [0.25, 0.3) is 0 Å². The van der Waals surface area contributed by atoms with Crippen LogP contribution in [0.3, 0.4) is 0 Å². The summed E-state index contributed by atoms with van der Waals surface area (Å²) in [6.45, 7) is 1.83. The van der Waals surface area contributed by atoms with Gasteiger partial charge in [0.25, 0.3) is 0 Å². The highest BCUT2D eigenvalue weighted by atomic mass is 15.1. The maximum Gasteiger partial charge on any atom is 0.0416 e. The molecule has 100 valence electrons.